The summed E-state index contributed by atoms with van der Waals surface area (Å²) in [6.07, 6.45) is 0. The number of nitrogens with one attached hydrogen (secondary N) is 1. The van der Waals surface area contributed by atoms with E-state index in [9.17, 15) is 0 Å². The highest BCUT2D eigenvalue weighted by atomic mass is 79.9. The van der Waals surface area contributed by atoms with Gasteiger partial charge in [0.1, 0.15) is 5.75 Å². The number of halogens is 1. The van der Waals surface area contributed by atoms with Crippen LogP contribution >= 0.6 is 15.9 Å². The monoisotopic (exact) mass is 306 g/mol. The molecule has 0 saturated heterocycles. The molecule has 18 heavy (non-hydrogen) atoms. The third-order valence-corrected chi connectivity index (χ3v) is 3.11. The van der Waals surface area contributed by atoms with Crippen molar-refractivity contribution in [2.45, 2.75) is 6.92 Å². The molecule has 0 amide bonds. The molecule has 0 spiro atoms. The molecule has 0 aromatic heterocycles. The fourth-order valence-electron chi connectivity index (χ4n) is 1.63. The second-order valence-electron chi connectivity index (χ2n) is 3.79. The molecule has 0 bridgehead atoms. The number of para-hydroxylation sites is 2. The van der Waals surface area contributed by atoms with Crippen LogP contribution in [0.3, 0.4) is 0 Å². The van der Waals surface area contributed by atoms with Gasteiger partial charge in [0.25, 0.3) is 0 Å². The Labute approximate surface area is 115 Å². The third kappa shape index (κ3) is 2.96. The van der Waals surface area contributed by atoms with Crippen molar-refractivity contribution in [3.05, 3.63) is 46.9 Å². The van der Waals surface area contributed by atoms with Crippen LogP contribution < -0.4 is 15.8 Å². The summed E-state index contributed by atoms with van der Waals surface area (Å²) < 4.78 is 6.50. The minimum Gasteiger partial charge on any atom is -0.492 e. The lowest BCUT2D eigenvalue weighted by atomic mass is 10.2. The predicted molar refractivity (Wildman–Crippen MR) is 79.4 cm³/mol. The number of hydrogen-bond donors (Lipinski definition) is 2. The highest BCUT2D eigenvalue weighted by Crippen LogP contribution is 2.32. The zero-order valence-corrected chi connectivity index (χ0v) is 11.7. The van der Waals surface area contributed by atoms with Gasteiger partial charge < -0.3 is 15.8 Å². The second-order valence-corrected chi connectivity index (χ2v) is 4.65. The van der Waals surface area contributed by atoms with Gasteiger partial charge in [-0.25, -0.2) is 0 Å². The zero-order chi connectivity index (χ0) is 13.0. The molecule has 3 N–H and O–H groups in total. The van der Waals surface area contributed by atoms with Crippen LogP contribution in [0, 0.1) is 0 Å². The van der Waals surface area contributed by atoms with Crippen molar-refractivity contribution < 1.29 is 4.74 Å². The van der Waals surface area contributed by atoms with Gasteiger partial charge in [0.05, 0.1) is 18.0 Å². The molecule has 2 aromatic carbocycles. The molecule has 2 aromatic rings. The number of nitrogens with two attached hydrogens (primary N) is 1. The summed E-state index contributed by atoms with van der Waals surface area (Å²) in [5, 5.41) is 3.33. The number of benzene rings is 2. The van der Waals surface area contributed by atoms with E-state index in [4.69, 9.17) is 10.5 Å². The normalized spacial score (nSPS) is 10.1. The second kappa shape index (κ2) is 5.78. The fraction of sp³-hybridized carbons (Fsp3) is 0.143. The van der Waals surface area contributed by atoms with Crippen molar-refractivity contribution in [3.63, 3.8) is 0 Å². The SMILES string of the molecule is CCOc1ccccc1Nc1ccc(N)cc1Br. The number of anilines is 3. The van der Waals surface area contributed by atoms with E-state index in [-0.39, 0.29) is 0 Å². The molecule has 0 fully saturated rings. The Morgan fingerprint density at radius 3 is 2.67 bits per heavy atom. The molecule has 0 saturated carbocycles. The molecule has 0 atom stereocenters. The first kappa shape index (κ1) is 12.8. The summed E-state index contributed by atoms with van der Waals surface area (Å²) in [5.41, 5.74) is 8.33. The highest BCUT2D eigenvalue weighted by molar-refractivity contribution is 9.10. The lowest BCUT2D eigenvalue weighted by Crippen LogP contribution is -1.98. The molecule has 0 aliphatic rings. The van der Waals surface area contributed by atoms with Crippen LogP contribution in [-0.2, 0) is 0 Å². The van der Waals surface area contributed by atoms with E-state index in [0.717, 1.165) is 27.3 Å². The van der Waals surface area contributed by atoms with Crippen LogP contribution in [0.1, 0.15) is 6.92 Å². The Bertz CT molecular complexity index is 543. The minimum absolute atomic E-state index is 0.640. The first-order chi connectivity index (χ1) is 8.70. The van der Waals surface area contributed by atoms with Crippen LogP contribution in [0.4, 0.5) is 17.1 Å². The molecule has 94 valence electrons. The lowest BCUT2D eigenvalue weighted by molar-refractivity contribution is 0.342. The van der Waals surface area contributed by atoms with E-state index in [1.165, 1.54) is 0 Å². The van der Waals surface area contributed by atoms with Gasteiger partial charge in [-0.2, -0.15) is 0 Å². The summed E-state index contributed by atoms with van der Waals surface area (Å²) in [6, 6.07) is 13.5. The Morgan fingerprint density at radius 2 is 1.94 bits per heavy atom. The molecular formula is C14H15BrN2O. The van der Waals surface area contributed by atoms with Gasteiger partial charge in [-0.15, -0.1) is 0 Å². The predicted octanol–water partition coefficient (Wildman–Crippen LogP) is 4.17. The quantitative estimate of drug-likeness (QED) is 0.833. The summed E-state index contributed by atoms with van der Waals surface area (Å²) in [4.78, 5) is 0. The van der Waals surface area contributed by atoms with Crippen LogP contribution in [0.2, 0.25) is 0 Å². The molecule has 2 rings (SSSR count). The molecule has 3 nitrogen and oxygen atoms in total. The number of rotatable bonds is 4. The van der Waals surface area contributed by atoms with Crippen LogP contribution in [0.25, 0.3) is 0 Å². The molecule has 0 aliphatic heterocycles. The van der Waals surface area contributed by atoms with Crippen molar-refractivity contribution >= 4 is 33.0 Å². The smallest absolute Gasteiger partial charge is 0.142 e. The third-order valence-electron chi connectivity index (χ3n) is 2.45. The van der Waals surface area contributed by atoms with Crippen molar-refractivity contribution in [1.82, 2.24) is 0 Å². The minimum atomic E-state index is 0.640. The Balaban J connectivity index is 2.28. The van der Waals surface area contributed by atoms with Crippen molar-refractivity contribution in [1.29, 1.82) is 0 Å². The van der Waals surface area contributed by atoms with Crippen LogP contribution in [-0.4, -0.2) is 6.61 Å². The standard InChI is InChI=1S/C14H15BrN2O/c1-2-18-14-6-4-3-5-13(14)17-12-8-7-10(16)9-11(12)15/h3-9,17H,2,16H2,1H3. The van der Waals surface area contributed by atoms with Gasteiger partial charge in [-0.1, -0.05) is 12.1 Å². The molecular weight excluding hydrogens is 292 g/mol. The zero-order valence-electron chi connectivity index (χ0n) is 10.1. The van der Waals surface area contributed by atoms with E-state index >= 15 is 0 Å². The van der Waals surface area contributed by atoms with E-state index in [0.29, 0.717) is 6.61 Å². The largest absolute Gasteiger partial charge is 0.492 e. The summed E-state index contributed by atoms with van der Waals surface area (Å²) in [7, 11) is 0. The molecule has 0 aliphatic carbocycles. The Kier molecular flexibility index (Phi) is 4.10. The van der Waals surface area contributed by atoms with E-state index < -0.39 is 0 Å². The van der Waals surface area contributed by atoms with Crippen LogP contribution in [0.5, 0.6) is 5.75 Å². The summed E-state index contributed by atoms with van der Waals surface area (Å²) >= 11 is 3.48. The first-order valence-electron chi connectivity index (χ1n) is 5.74. The van der Waals surface area contributed by atoms with Gasteiger partial charge in [0.2, 0.25) is 0 Å². The van der Waals surface area contributed by atoms with Gasteiger partial charge in [0, 0.05) is 10.2 Å². The number of hydrogen-bond acceptors (Lipinski definition) is 3. The van der Waals surface area contributed by atoms with Gasteiger partial charge >= 0.3 is 0 Å². The summed E-state index contributed by atoms with van der Waals surface area (Å²) in [5.74, 6) is 0.837. The van der Waals surface area contributed by atoms with Crippen molar-refractivity contribution in [3.8, 4) is 5.75 Å². The van der Waals surface area contributed by atoms with E-state index in [1.807, 2.05) is 49.4 Å². The Hall–Kier alpha value is -1.68. The maximum absolute atomic E-state index is 5.72. The van der Waals surface area contributed by atoms with E-state index in [1.54, 1.807) is 0 Å². The van der Waals surface area contributed by atoms with Gasteiger partial charge in [-0.3, -0.25) is 0 Å². The molecule has 0 radical (unpaired) electrons. The highest BCUT2D eigenvalue weighted by Gasteiger charge is 2.05. The van der Waals surface area contributed by atoms with E-state index in [2.05, 4.69) is 21.2 Å². The maximum atomic E-state index is 5.72. The lowest BCUT2D eigenvalue weighted by Gasteiger charge is -2.13. The molecule has 0 heterocycles. The molecule has 4 heteroatoms. The topological polar surface area (TPSA) is 47.3 Å². The first-order valence-corrected chi connectivity index (χ1v) is 6.54. The van der Waals surface area contributed by atoms with Crippen LogP contribution in [0.15, 0.2) is 46.9 Å². The molecule has 0 unspecified atom stereocenters. The number of ether oxygens (including phenoxy) is 1. The van der Waals surface area contributed by atoms with Gasteiger partial charge in [-0.05, 0) is 53.2 Å². The average Bonchev–Trinajstić information content (AvgIpc) is 2.35. The van der Waals surface area contributed by atoms with Crippen molar-refractivity contribution in [2.24, 2.45) is 0 Å². The van der Waals surface area contributed by atoms with Gasteiger partial charge in [0.15, 0.2) is 0 Å². The fourth-order valence-corrected chi connectivity index (χ4v) is 2.12. The average molecular weight is 307 g/mol. The summed E-state index contributed by atoms with van der Waals surface area (Å²) in [6.45, 7) is 2.61. The van der Waals surface area contributed by atoms with Crippen molar-refractivity contribution in [2.75, 3.05) is 17.7 Å². The maximum Gasteiger partial charge on any atom is 0.142 e. The Morgan fingerprint density at radius 1 is 1.17 bits per heavy atom. The number of nitrogen functional groups attached to an aromatic ring is 1.